The van der Waals surface area contributed by atoms with E-state index in [1.54, 1.807) is 6.20 Å². The Morgan fingerprint density at radius 3 is 3.00 bits per heavy atom. The molecule has 6 nitrogen and oxygen atoms in total. The molecule has 2 heterocycles. The Balaban J connectivity index is 2.28. The van der Waals surface area contributed by atoms with Crippen molar-refractivity contribution in [1.29, 1.82) is 0 Å². The number of tetrazole rings is 1. The molecule has 0 aromatic carbocycles. The van der Waals surface area contributed by atoms with E-state index in [4.69, 9.17) is 5.73 Å². The Morgan fingerprint density at radius 1 is 1.62 bits per heavy atom. The van der Waals surface area contributed by atoms with E-state index in [9.17, 15) is 0 Å². The number of aromatic amines is 1. The summed E-state index contributed by atoms with van der Waals surface area (Å²) in [7, 11) is 0. The van der Waals surface area contributed by atoms with Crippen molar-refractivity contribution >= 4 is 11.3 Å². The van der Waals surface area contributed by atoms with E-state index >= 15 is 0 Å². The molecule has 1 atom stereocenters. The molecule has 0 saturated heterocycles. The van der Waals surface area contributed by atoms with E-state index in [1.807, 2.05) is 6.92 Å². The molecule has 13 heavy (non-hydrogen) atoms. The van der Waals surface area contributed by atoms with Crippen LogP contribution in [0.1, 0.15) is 21.8 Å². The Hall–Kier alpha value is -1.34. The van der Waals surface area contributed by atoms with E-state index in [0.717, 1.165) is 9.88 Å². The zero-order chi connectivity index (χ0) is 9.26. The summed E-state index contributed by atoms with van der Waals surface area (Å²) >= 11 is 1.54. The van der Waals surface area contributed by atoms with E-state index in [0.29, 0.717) is 5.82 Å². The average molecular weight is 196 g/mol. The molecule has 0 aliphatic heterocycles. The second kappa shape index (κ2) is 3.19. The summed E-state index contributed by atoms with van der Waals surface area (Å²) in [5.74, 6) is 0.489. The first-order valence-corrected chi connectivity index (χ1v) is 4.50. The number of nitrogens with one attached hydrogen (secondary N) is 1. The molecule has 2 rings (SSSR count). The van der Waals surface area contributed by atoms with Crippen molar-refractivity contribution in [3.05, 3.63) is 21.9 Å². The number of H-pyrrole nitrogens is 1. The van der Waals surface area contributed by atoms with Crippen molar-refractivity contribution in [3.63, 3.8) is 0 Å². The smallest absolute Gasteiger partial charge is 0.196 e. The molecule has 0 radical (unpaired) electrons. The van der Waals surface area contributed by atoms with Crippen LogP contribution < -0.4 is 5.73 Å². The van der Waals surface area contributed by atoms with Crippen LogP contribution in [0.25, 0.3) is 0 Å². The van der Waals surface area contributed by atoms with Crippen LogP contribution in [0, 0.1) is 6.92 Å². The van der Waals surface area contributed by atoms with Crippen molar-refractivity contribution in [2.75, 3.05) is 0 Å². The van der Waals surface area contributed by atoms with Gasteiger partial charge in [-0.2, -0.15) is 5.21 Å². The third-order valence-electron chi connectivity index (χ3n) is 1.59. The standard InChI is InChI=1S/C6H8N6S/c1-3-8-2-4(13-3)5(7)6-9-11-12-10-6/h2,5H,7H2,1H3,(H,9,10,11,12). The molecule has 0 fully saturated rings. The largest absolute Gasteiger partial charge is 0.317 e. The van der Waals surface area contributed by atoms with Gasteiger partial charge in [0.1, 0.15) is 6.04 Å². The molecule has 0 amide bonds. The third kappa shape index (κ3) is 1.56. The first-order valence-electron chi connectivity index (χ1n) is 3.68. The van der Waals surface area contributed by atoms with Crippen LogP contribution in [0.3, 0.4) is 0 Å². The molecule has 3 N–H and O–H groups in total. The van der Waals surface area contributed by atoms with E-state index in [1.165, 1.54) is 11.3 Å². The summed E-state index contributed by atoms with van der Waals surface area (Å²) in [5, 5.41) is 14.4. The molecule has 0 aliphatic rings. The van der Waals surface area contributed by atoms with Crippen LogP contribution in [0.4, 0.5) is 0 Å². The number of hydrogen-bond donors (Lipinski definition) is 2. The SMILES string of the molecule is Cc1ncc(C(N)c2nn[nH]n2)s1. The quantitative estimate of drug-likeness (QED) is 0.705. The summed E-state index contributed by atoms with van der Waals surface area (Å²) in [5.41, 5.74) is 5.86. The Kier molecular flexibility index (Phi) is 2.03. The highest BCUT2D eigenvalue weighted by Gasteiger charge is 2.15. The van der Waals surface area contributed by atoms with Crippen molar-refractivity contribution < 1.29 is 0 Å². The van der Waals surface area contributed by atoms with Crippen molar-refractivity contribution in [3.8, 4) is 0 Å². The number of thiazole rings is 1. The number of aromatic nitrogens is 5. The molecular weight excluding hydrogens is 188 g/mol. The molecule has 68 valence electrons. The maximum Gasteiger partial charge on any atom is 0.196 e. The van der Waals surface area contributed by atoms with Crippen LogP contribution >= 0.6 is 11.3 Å². The summed E-state index contributed by atoms with van der Waals surface area (Å²) < 4.78 is 0. The Bertz CT molecular complexity index is 379. The van der Waals surface area contributed by atoms with Crippen LogP contribution in [0.2, 0.25) is 0 Å². The van der Waals surface area contributed by atoms with Gasteiger partial charge in [-0.05, 0) is 6.92 Å². The van der Waals surface area contributed by atoms with Crippen molar-refractivity contribution in [2.24, 2.45) is 5.73 Å². The van der Waals surface area contributed by atoms with Gasteiger partial charge in [-0.15, -0.1) is 21.5 Å². The minimum atomic E-state index is -0.329. The van der Waals surface area contributed by atoms with Gasteiger partial charge in [0.2, 0.25) is 0 Å². The fourth-order valence-electron chi connectivity index (χ4n) is 0.950. The molecular formula is C6H8N6S. The highest BCUT2D eigenvalue weighted by Crippen LogP contribution is 2.21. The summed E-state index contributed by atoms with van der Waals surface area (Å²) in [6, 6.07) is -0.329. The zero-order valence-corrected chi connectivity index (χ0v) is 7.75. The maximum absolute atomic E-state index is 5.86. The molecule has 2 aromatic rings. The highest BCUT2D eigenvalue weighted by molar-refractivity contribution is 7.11. The van der Waals surface area contributed by atoms with Gasteiger partial charge in [0.05, 0.1) is 5.01 Å². The van der Waals surface area contributed by atoms with Gasteiger partial charge in [-0.25, -0.2) is 4.98 Å². The van der Waals surface area contributed by atoms with Gasteiger partial charge in [0.25, 0.3) is 0 Å². The molecule has 0 aliphatic carbocycles. The Morgan fingerprint density at radius 2 is 2.46 bits per heavy atom. The zero-order valence-electron chi connectivity index (χ0n) is 6.93. The van der Waals surface area contributed by atoms with Crippen molar-refractivity contribution in [1.82, 2.24) is 25.6 Å². The number of nitrogens with zero attached hydrogens (tertiary/aromatic N) is 4. The lowest BCUT2D eigenvalue weighted by Gasteiger charge is -2.00. The minimum Gasteiger partial charge on any atom is -0.317 e. The molecule has 2 aromatic heterocycles. The van der Waals surface area contributed by atoms with E-state index < -0.39 is 0 Å². The summed E-state index contributed by atoms with van der Waals surface area (Å²) in [6.45, 7) is 1.93. The van der Waals surface area contributed by atoms with Crippen molar-refractivity contribution in [2.45, 2.75) is 13.0 Å². The van der Waals surface area contributed by atoms with Gasteiger partial charge in [0.15, 0.2) is 5.82 Å². The number of aryl methyl sites for hydroxylation is 1. The van der Waals surface area contributed by atoms with Crippen LogP contribution in [-0.2, 0) is 0 Å². The van der Waals surface area contributed by atoms with Gasteiger partial charge >= 0.3 is 0 Å². The van der Waals surface area contributed by atoms with Crippen LogP contribution in [-0.4, -0.2) is 25.6 Å². The molecule has 0 spiro atoms. The lowest BCUT2D eigenvalue weighted by molar-refractivity contribution is 0.797. The Labute approximate surface area is 78.2 Å². The molecule has 1 unspecified atom stereocenters. The monoisotopic (exact) mass is 196 g/mol. The first kappa shape index (κ1) is 8.27. The number of nitrogens with two attached hydrogens (primary N) is 1. The molecule has 0 bridgehead atoms. The number of hydrogen-bond acceptors (Lipinski definition) is 6. The predicted octanol–water partition coefficient (Wildman–Crippen LogP) is 0.0127. The van der Waals surface area contributed by atoms with E-state index in [-0.39, 0.29) is 6.04 Å². The lowest BCUT2D eigenvalue weighted by atomic mass is 10.3. The highest BCUT2D eigenvalue weighted by atomic mass is 32.1. The minimum absolute atomic E-state index is 0.329. The van der Waals surface area contributed by atoms with Crippen LogP contribution in [0.15, 0.2) is 6.20 Å². The fourth-order valence-corrected chi connectivity index (χ4v) is 1.73. The molecule has 0 saturated carbocycles. The number of rotatable bonds is 2. The molecule has 7 heteroatoms. The fraction of sp³-hybridized carbons (Fsp3) is 0.333. The normalized spacial score (nSPS) is 13.1. The first-order chi connectivity index (χ1) is 6.27. The van der Waals surface area contributed by atoms with Crippen LogP contribution in [0.5, 0.6) is 0 Å². The second-order valence-corrected chi connectivity index (χ2v) is 3.80. The van der Waals surface area contributed by atoms with Gasteiger partial charge < -0.3 is 5.73 Å². The van der Waals surface area contributed by atoms with Gasteiger partial charge in [0, 0.05) is 11.1 Å². The predicted molar refractivity (Wildman–Crippen MR) is 47.1 cm³/mol. The maximum atomic E-state index is 5.86. The van der Waals surface area contributed by atoms with Gasteiger partial charge in [-0.1, -0.05) is 5.21 Å². The van der Waals surface area contributed by atoms with Gasteiger partial charge in [-0.3, -0.25) is 0 Å². The third-order valence-corrected chi connectivity index (χ3v) is 2.58. The summed E-state index contributed by atoms with van der Waals surface area (Å²) in [4.78, 5) is 5.04. The topological polar surface area (TPSA) is 93.4 Å². The summed E-state index contributed by atoms with van der Waals surface area (Å²) in [6.07, 6.45) is 1.74. The second-order valence-electron chi connectivity index (χ2n) is 2.53. The van der Waals surface area contributed by atoms with E-state index in [2.05, 4.69) is 25.6 Å². The average Bonchev–Trinajstić information content (AvgIpc) is 2.72. The lowest BCUT2D eigenvalue weighted by Crippen LogP contribution is -2.12.